The van der Waals surface area contributed by atoms with Crippen LogP contribution in [0.2, 0.25) is 0 Å². The van der Waals surface area contributed by atoms with Gasteiger partial charge >= 0.3 is 6.43 Å². The quantitative estimate of drug-likeness (QED) is 0.258. The second kappa shape index (κ2) is 11.8. The molecule has 220 valence electrons. The molecule has 1 aliphatic rings. The minimum Gasteiger partial charge on any atom is -0.419 e. The Hall–Kier alpha value is -4.51. The van der Waals surface area contributed by atoms with Gasteiger partial charge in [-0.1, -0.05) is 0 Å². The fourth-order valence-electron chi connectivity index (χ4n) is 4.88. The first kappa shape index (κ1) is 29.0. The monoisotopic (exact) mass is 582 g/mol. The van der Waals surface area contributed by atoms with E-state index in [9.17, 15) is 28.3 Å². The van der Waals surface area contributed by atoms with Crippen LogP contribution < -0.4 is 10.6 Å². The van der Waals surface area contributed by atoms with Crippen molar-refractivity contribution < 1.29 is 27.5 Å². The van der Waals surface area contributed by atoms with Crippen LogP contribution in [0, 0.1) is 11.3 Å². The Bertz CT molecular complexity index is 1620. The van der Waals surface area contributed by atoms with Gasteiger partial charge in [0.15, 0.2) is 0 Å². The minimum absolute atomic E-state index is 0.0776. The van der Waals surface area contributed by atoms with Crippen LogP contribution in [0.1, 0.15) is 79.6 Å². The molecule has 0 aromatic carbocycles. The van der Waals surface area contributed by atoms with E-state index in [1.807, 2.05) is 0 Å². The molecule has 11 nitrogen and oxygen atoms in total. The highest BCUT2D eigenvalue weighted by atomic mass is 19.3. The van der Waals surface area contributed by atoms with E-state index in [1.54, 1.807) is 28.8 Å². The predicted octanol–water partition coefficient (Wildman–Crippen LogP) is 4.57. The molecule has 3 N–H and O–H groups in total. The van der Waals surface area contributed by atoms with Crippen molar-refractivity contribution in [2.75, 3.05) is 11.9 Å². The van der Waals surface area contributed by atoms with E-state index in [4.69, 9.17) is 4.42 Å². The number of aromatic nitrogens is 5. The van der Waals surface area contributed by atoms with E-state index in [0.29, 0.717) is 53.8 Å². The van der Waals surface area contributed by atoms with Crippen LogP contribution in [-0.4, -0.2) is 60.2 Å². The molecule has 5 rings (SSSR count). The van der Waals surface area contributed by atoms with Crippen LogP contribution in [-0.2, 0) is 0 Å². The molecule has 4 aromatic rings. The van der Waals surface area contributed by atoms with Gasteiger partial charge in [-0.3, -0.25) is 9.78 Å². The third-order valence-electron chi connectivity index (χ3n) is 7.33. The molecule has 4 heterocycles. The maximum Gasteiger partial charge on any atom is 0.314 e. The highest BCUT2D eigenvalue weighted by Crippen LogP contribution is 2.35. The molecule has 1 amide bonds. The highest BCUT2D eigenvalue weighted by molar-refractivity contribution is 6.00. The third-order valence-corrected chi connectivity index (χ3v) is 7.33. The van der Waals surface area contributed by atoms with Gasteiger partial charge in [-0.2, -0.15) is 19.1 Å². The zero-order valence-corrected chi connectivity index (χ0v) is 22.9. The standard InChI is InChI=1S/C28H29F3N8O3/c1-28(2,41)23(29)14-34-25(40)19-13-33-21(22-8-7-18-9-15(11-32)12-35-39(18)22)10-20(19)36-17-5-3-16(4-6-17)26-37-38-27(42-26)24(30)31/h7-10,12-13,16-17,23-24,41H,3-6,14H2,1-2H3,(H,33,36)(H,34,40). The molecule has 4 aromatic heterocycles. The molecule has 1 aliphatic carbocycles. The Kier molecular flexibility index (Phi) is 8.13. The Morgan fingerprint density at radius 3 is 2.62 bits per heavy atom. The zero-order chi connectivity index (χ0) is 30.0. The number of hydrogen-bond acceptors (Lipinski definition) is 9. The molecule has 1 saturated carbocycles. The van der Waals surface area contributed by atoms with Gasteiger partial charge in [0.05, 0.1) is 52.1 Å². The molecular weight excluding hydrogens is 553 g/mol. The third kappa shape index (κ3) is 6.20. The van der Waals surface area contributed by atoms with Gasteiger partial charge in [0, 0.05) is 18.2 Å². The SMILES string of the molecule is CC(C)(O)C(F)CNC(=O)c1cnc(-c2ccc3cc(C#N)cnn23)cc1NC1CCC(c2nnc(C(F)F)o2)CC1. The fourth-order valence-corrected chi connectivity index (χ4v) is 4.88. The van der Waals surface area contributed by atoms with E-state index in [0.717, 1.165) is 0 Å². The van der Waals surface area contributed by atoms with Crippen molar-refractivity contribution >= 4 is 17.1 Å². The van der Waals surface area contributed by atoms with Gasteiger partial charge in [-0.15, -0.1) is 10.2 Å². The molecular formula is C28H29F3N8O3. The maximum atomic E-state index is 14.3. The minimum atomic E-state index is -2.83. The fraction of sp³-hybridized carbons (Fsp3) is 0.429. The molecule has 0 bridgehead atoms. The molecule has 0 aliphatic heterocycles. The average Bonchev–Trinajstić information content (AvgIpc) is 3.63. The maximum absolute atomic E-state index is 14.3. The molecule has 1 fully saturated rings. The number of hydrogen-bond donors (Lipinski definition) is 3. The van der Waals surface area contributed by atoms with Crippen LogP contribution in [0.25, 0.3) is 16.9 Å². The molecule has 0 radical (unpaired) electrons. The summed E-state index contributed by atoms with van der Waals surface area (Å²) in [6.45, 7) is 2.25. The Balaban J connectivity index is 1.38. The number of halogens is 3. The van der Waals surface area contributed by atoms with Gasteiger partial charge in [-0.25, -0.2) is 8.91 Å². The summed E-state index contributed by atoms with van der Waals surface area (Å²) < 4.78 is 46.9. The second-order valence-corrected chi connectivity index (χ2v) is 10.8. The second-order valence-electron chi connectivity index (χ2n) is 10.8. The number of carbonyl (C=O) groups is 1. The lowest BCUT2D eigenvalue weighted by Crippen LogP contribution is -2.42. The molecule has 1 atom stereocenters. The van der Waals surface area contributed by atoms with Crippen molar-refractivity contribution in [1.82, 2.24) is 30.1 Å². The van der Waals surface area contributed by atoms with E-state index in [1.165, 1.54) is 26.2 Å². The number of nitriles is 1. The predicted molar refractivity (Wildman–Crippen MR) is 145 cm³/mol. The van der Waals surface area contributed by atoms with Crippen molar-refractivity contribution in [1.29, 1.82) is 5.26 Å². The summed E-state index contributed by atoms with van der Waals surface area (Å²) in [4.78, 5) is 17.6. The number of amides is 1. The van der Waals surface area contributed by atoms with Crippen molar-refractivity contribution in [3.63, 3.8) is 0 Å². The van der Waals surface area contributed by atoms with Crippen LogP contribution in [0.4, 0.5) is 18.9 Å². The van der Waals surface area contributed by atoms with E-state index in [2.05, 4.69) is 37.0 Å². The first-order valence-electron chi connectivity index (χ1n) is 13.4. The number of anilines is 1. The zero-order valence-electron chi connectivity index (χ0n) is 22.9. The Morgan fingerprint density at radius 1 is 1.19 bits per heavy atom. The Morgan fingerprint density at radius 2 is 1.95 bits per heavy atom. The van der Waals surface area contributed by atoms with E-state index in [-0.39, 0.29) is 23.4 Å². The molecule has 14 heteroatoms. The van der Waals surface area contributed by atoms with Crippen LogP contribution in [0.5, 0.6) is 0 Å². The van der Waals surface area contributed by atoms with Gasteiger partial charge < -0.3 is 20.2 Å². The molecule has 0 spiro atoms. The van der Waals surface area contributed by atoms with Gasteiger partial charge in [0.25, 0.3) is 11.8 Å². The van der Waals surface area contributed by atoms with Gasteiger partial charge in [0.1, 0.15) is 12.2 Å². The molecule has 42 heavy (non-hydrogen) atoms. The first-order valence-corrected chi connectivity index (χ1v) is 13.4. The lowest BCUT2D eigenvalue weighted by Gasteiger charge is -2.29. The van der Waals surface area contributed by atoms with Crippen molar-refractivity contribution in [2.45, 2.75) is 69.7 Å². The van der Waals surface area contributed by atoms with E-state index < -0.39 is 36.5 Å². The topological polar surface area (TPSA) is 154 Å². The highest BCUT2D eigenvalue weighted by Gasteiger charge is 2.30. The number of nitrogens with zero attached hydrogens (tertiary/aromatic N) is 6. The summed E-state index contributed by atoms with van der Waals surface area (Å²) in [6.07, 6.45) is 0.792. The number of carbonyl (C=O) groups excluding carboxylic acids is 1. The number of nitrogens with one attached hydrogen (secondary N) is 2. The lowest BCUT2D eigenvalue weighted by molar-refractivity contribution is -0.00177. The lowest BCUT2D eigenvalue weighted by atomic mass is 9.85. The van der Waals surface area contributed by atoms with Gasteiger partial charge in [-0.05, 0) is 63.8 Å². The normalized spacial score (nSPS) is 18.1. The van der Waals surface area contributed by atoms with Crippen LogP contribution in [0.15, 0.2) is 41.1 Å². The number of pyridine rings is 1. The number of fused-ring (bicyclic) bond motifs is 1. The van der Waals surface area contributed by atoms with Crippen molar-refractivity contribution in [3.05, 3.63) is 59.6 Å². The van der Waals surface area contributed by atoms with Gasteiger partial charge in [0.2, 0.25) is 5.89 Å². The first-order chi connectivity index (χ1) is 20.0. The summed E-state index contributed by atoms with van der Waals surface area (Å²) in [6, 6.07) is 8.98. The summed E-state index contributed by atoms with van der Waals surface area (Å²) in [5, 5.41) is 36.6. The summed E-state index contributed by atoms with van der Waals surface area (Å²) in [5.74, 6) is -1.23. The summed E-state index contributed by atoms with van der Waals surface area (Å²) in [5.41, 5.74) is 1.25. The number of rotatable bonds is 9. The van der Waals surface area contributed by atoms with E-state index >= 15 is 0 Å². The molecule has 1 unspecified atom stereocenters. The molecule has 0 saturated heterocycles. The summed E-state index contributed by atoms with van der Waals surface area (Å²) in [7, 11) is 0. The Labute approximate surface area is 238 Å². The van der Waals surface area contributed by atoms with Crippen molar-refractivity contribution in [3.8, 4) is 17.5 Å². The van der Waals surface area contributed by atoms with Crippen LogP contribution >= 0.6 is 0 Å². The average molecular weight is 583 g/mol. The number of aliphatic hydroxyl groups is 1. The summed E-state index contributed by atoms with van der Waals surface area (Å²) >= 11 is 0. The van der Waals surface area contributed by atoms with Crippen LogP contribution in [0.3, 0.4) is 0 Å². The number of alkyl halides is 3. The van der Waals surface area contributed by atoms with Crippen molar-refractivity contribution in [2.24, 2.45) is 0 Å². The smallest absolute Gasteiger partial charge is 0.314 e. The largest absolute Gasteiger partial charge is 0.419 e.